The molecule has 0 radical (unpaired) electrons. The number of rotatable bonds is 8. The van der Waals surface area contributed by atoms with Crippen molar-refractivity contribution in [2.45, 2.75) is 6.92 Å². The van der Waals surface area contributed by atoms with Crippen LogP contribution in [-0.4, -0.2) is 31.7 Å². The van der Waals surface area contributed by atoms with Crippen LogP contribution < -0.4 is 20.2 Å². The van der Waals surface area contributed by atoms with Crippen LogP contribution in [0.2, 0.25) is 0 Å². The Bertz CT molecular complexity index is 953. The maximum atomic E-state index is 12.3. The summed E-state index contributed by atoms with van der Waals surface area (Å²) in [6.07, 6.45) is 6.61. The fraction of sp³-hybridized carbons (Fsp3) is 0.190. The zero-order chi connectivity index (χ0) is 21.2. The van der Waals surface area contributed by atoms with Gasteiger partial charge in [0.25, 0.3) is 5.91 Å². The van der Waals surface area contributed by atoms with Crippen molar-refractivity contribution in [1.82, 2.24) is 5.43 Å². The minimum Gasteiger partial charge on any atom is -0.493 e. The molecule has 0 saturated heterocycles. The third kappa shape index (κ3) is 6.36. The second-order valence-corrected chi connectivity index (χ2v) is 6.68. The van der Waals surface area contributed by atoms with E-state index in [4.69, 9.17) is 15.9 Å². The number of halogens is 1. The van der Waals surface area contributed by atoms with Crippen molar-refractivity contribution >= 4 is 39.6 Å². The molecule has 0 saturated carbocycles. The lowest BCUT2D eigenvalue weighted by atomic mass is 10.1. The number of nitrogens with one attached hydrogen (secondary N) is 2. The first-order chi connectivity index (χ1) is 14.0. The average Bonchev–Trinajstić information content (AvgIpc) is 2.73. The summed E-state index contributed by atoms with van der Waals surface area (Å²) in [5, 5.41) is 6.59. The number of anilines is 1. The number of ether oxygens (including phenoxy) is 2. The van der Waals surface area contributed by atoms with Crippen molar-refractivity contribution in [2.75, 3.05) is 19.0 Å². The number of amides is 2. The molecular formula is C21H20BrN3O4. The third-order valence-electron chi connectivity index (χ3n) is 3.81. The van der Waals surface area contributed by atoms with Crippen molar-refractivity contribution in [3.63, 3.8) is 0 Å². The molecule has 0 aromatic heterocycles. The van der Waals surface area contributed by atoms with Gasteiger partial charge in [0.05, 0.1) is 19.0 Å². The molecule has 0 heterocycles. The van der Waals surface area contributed by atoms with Gasteiger partial charge in [0.1, 0.15) is 12.5 Å². The monoisotopic (exact) mass is 457 g/mol. The van der Waals surface area contributed by atoms with Crippen LogP contribution in [0.4, 0.5) is 5.69 Å². The molecule has 2 rings (SSSR count). The van der Waals surface area contributed by atoms with E-state index in [1.54, 1.807) is 36.4 Å². The van der Waals surface area contributed by atoms with E-state index in [9.17, 15) is 9.59 Å². The second kappa shape index (κ2) is 10.9. The number of hydrogen-bond donors (Lipinski definition) is 2. The number of nitrogens with zero attached hydrogens (tertiary/aromatic N) is 1. The number of para-hydroxylation sites is 1. The molecule has 0 bridgehead atoms. The van der Waals surface area contributed by atoms with Gasteiger partial charge in [-0.15, -0.1) is 6.42 Å². The summed E-state index contributed by atoms with van der Waals surface area (Å²) in [4.78, 5) is 24.4. The van der Waals surface area contributed by atoms with E-state index in [-0.39, 0.29) is 6.61 Å². The lowest BCUT2D eigenvalue weighted by Crippen LogP contribution is -2.34. The third-order valence-corrected chi connectivity index (χ3v) is 4.50. The van der Waals surface area contributed by atoms with E-state index in [0.717, 1.165) is 4.47 Å². The predicted octanol–water partition coefficient (Wildman–Crippen LogP) is 3.19. The summed E-state index contributed by atoms with van der Waals surface area (Å²) in [5.41, 5.74) is 3.61. The molecule has 0 aliphatic rings. The van der Waals surface area contributed by atoms with E-state index < -0.39 is 17.7 Å². The van der Waals surface area contributed by atoms with Gasteiger partial charge in [0.2, 0.25) is 5.91 Å². The zero-order valence-corrected chi connectivity index (χ0v) is 17.5. The van der Waals surface area contributed by atoms with Gasteiger partial charge in [-0.05, 0) is 58.7 Å². The Morgan fingerprint density at radius 1 is 1.24 bits per heavy atom. The van der Waals surface area contributed by atoms with Crippen LogP contribution in [-0.2, 0) is 9.59 Å². The van der Waals surface area contributed by atoms with Gasteiger partial charge in [0.15, 0.2) is 11.5 Å². The van der Waals surface area contributed by atoms with E-state index in [1.807, 2.05) is 6.07 Å². The number of carbonyl (C=O) groups is 2. The largest absolute Gasteiger partial charge is 0.493 e. The predicted molar refractivity (Wildman–Crippen MR) is 115 cm³/mol. The molecule has 1 atom stereocenters. The molecule has 2 amide bonds. The smallest absolute Gasteiger partial charge is 0.252 e. The molecule has 0 fully saturated rings. The van der Waals surface area contributed by atoms with Crippen LogP contribution in [0, 0.1) is 18.3 Å². The van der Waals surface area contributed by atoms with Crippen molar-refractivity contribution in [3.8, 4) is 23.8 Å². The number of methoxy groups -OCH3 is 1. The fourth-order valence-electron chi connectivity index (χ4n) is 2.19. The van der Waals surface area contributed by atoms with Gasteiger partial charge < -0.3 is 14.8 Å². The zero-order valence-electron chi connectivity index (χ0n) is 15.9. The quantitative estimate of drug-likeness (QED) is 0.275. The first-order valence-corrected chi connectivity index (χ1v) is 9.38. The van der Waals surface area contributed by atoms with E-state index in [2.05, 4.69) is 37.7 Å². The normalized spacial score (nSPS) is 11.4. The molecular weight excluding hydrogens is 438 g/mol. The summed E-state index contributed by atoms with van der Waals surface area (Å²) >= 11 is 3.34. The Hall–Kier alpha value is -3.31. The van der Waals surface area contributed by atoms with Crippen LogP contribution in [0.25, 0.3) is 0 Å². The second-order valence-electron chi connectivity index (χ2n) is 5.83. The van der Waals surface area contributed by atoms with Gasteiger partial charge in [-0.2, -0.15) is 5.10 Å². The molecule has 29 heavy (non-hydrogen) atoms. The Balaban J connectivity index is 1.95. The standard InChI is InChI=1S/C21H20BrN3O4/c1-4-11-29-18-10-9-15(12-19(18)28-3)13-23-25-21(27)14(2)20(26)24-17-8-6-5-7-16(17)22/h1,5-10,12-14H,11H2,2-3H3,(H,24,26)(H,25,27). The molecule has 1 unspecified atom stereocenters. The molecule has 2 aromatic carbocycles. The maximum Gasteiger partial charge on any atom is 0.252 e. The van der Waals surface area contributed by atoms with E-state index in [0.29, 0.717) is 22.7 Å². The number of hydrazone groups is 1. The molecule has 8 heteroatoms. The van der Waals surface area contributed by atoms with Crippen LogP contribution in [0.5, 0.6) is 11.5 Å². The topological polar surface area (TPSA) is 89.0 Å². The molecule has 0 spiro atoms. The van der Waals surface area contributed by atoms with Crippen LogP contribution in [0.15, 0.2) is 52.0 Å². The Morgan fingerprint density at radius 3 is 2.69 bits per heavy atom. The van der Waals surface area contributed by atoms with E-state index in [1.165, 1.54) is 20.2 Å². The first kappa shape index (κ1) is 22.0. The summed E-state index contributed by atoms with van der Waals surface area (Å²) in [5.74, 6) is 1.45. The van der Waals surface area contributed by atoms with Crippen molar-refractivity contribution in [2.24, 2.45) is 11.0 Å². The summed E-state index contributed by atoms with van der Waals surface area (Å²) < 4.78 is 11.3. The van der Waals surface area contributed by atoms with Gasteiger partial charge in [0, 0.05) is 4.47 Å². The molecule has 7 nitrogen and oxygen atoms in total. The molecule has 2 aromatic rings. The number of terminal acetylenes is 1. The minimum absolute atomic E-state index is 0.124. The number of hydrogen-bond acceptors (Lipinski definition) is 5. The van der Waals surface area contributed by atoms with Gasteiger partial charge in [-0.3, -0.25) is 9.59 Å². The highest BCUT2D eigenvalue weighted by Gasteiger charge is 2.21. The van der Waals surface area contributed by atoms with Crippen molar-refractivity contribution < 1.29 is 19.1 Å². The van der Waals surface area contributed by atoms with Crippen molar-refractivity contribution in [1.29, 1.82) is 0 Å². The average molecular weight is 458 g/mol. The van der Waals surface area contributed by atoms with Gasteiger partial charge >= 0.3 is 0 Å². The SMILES string of the molecule is C#CCOc1ccc(C=NNC(=O)C(C)C(=O)Nc2ccccc2Br)cc1OC. The van der Waals surface area contributed by atoms with Crippen LogP contribution in [0.1, 0.15) is 12.5 Å². The summed E-state index contributed by atoms with van der Waals surface area (Å²) in [6, 6.07) is 12.2. The number of benzene rings is 2. The van der Waals surface area contributed by atoms with Gasteiger partial charge in [-0.25, -0.2) is 5.43 Å². The van der Waals surface area contributed by atoms with Crippen LogP contribution >= 0.6 is 15.9 Å². The Morgan fingerprint density at radius 2 is 2.00 bits per heavy atom. The lowest BCUT2D eigenvalue weighted by Gasteiger charge is -2.12. The summed E-state index contributed by atoms with van der Waals surface area (Å²) in [7, 11) is 1.51. The molecule has 2 N–H and O–H groups in total. The highest BCUT2D eigenvalue weighted by Crippen LogP contribution is 2.27. The fourth-order valence-corrected chi connectivity index (χ4v) is 2.58. The first-order valence-electron chi connectivity index (χ1n) is 8.59. The maximum absolute atomic E-state index is 12.3. The van der Waals surface area contributed by atoms with Gasteiger partial charge in [-0.1, -0.05) is 18.1 Å². The lowest BCUT2D eigenvalue weighted by molar-refractivity contribution is -0.131. The Kier molecular flexibility index (Phi) is 8.25. The number of carbonyl (C=O) groups excluding carboxylic acids is 2. The van der Waals surface area contributed by atoms with Crippen LogP contribution in [0.3, 0.4) is 0 Å². The highest BCUT2D eigenvalue weighted by molar-refractivity contribution is 9.10. The van der Waals surface area contributed by atoms with Crippen molar-refractivity contribution in [3.05, 3.63) is 52.5 Å². The molecule has 0 aliphatic heterocycles. The Labute approximate surface area is 177 Å². The molecule has 0 aliphatic carbocycles. The highest BCUT2D eigenvalue weighted by atomic mass is 79.9. The molecule has 150 valence electrons. The van der Waals surface area contributed by atoms with E-state index >= 15 is 0 Å². The minimum atomic E-state index is -0.937. The summed E-state index contributed by atoms with van der Waals surface area (Å²) in [6.45, 7) is 1.62.